The van der Waals surface area contributed by atoms with E-state index >= 15 is 0 Å². The molecule has 0 radical (unpaired) electrons. The molecule has 0 bridgehead atoms. The monoisotopic (exact) mass is 390 g/mol. The Morgan fingerprint density at radius 1 is 0.815 bits per heavy atom. The van der Waals surface area contributed by atoms with Crippen LogP contribution in [-0.4, -0.2) is 20.2 Å². The zero-order valence-corrected chi connectivity index (χ0v) is 15.9. The molecule has 0 spiro atoms. The van der Waals surface area contributed by atoms with Crippen LogP contribution in [0.15, 0.2) is 36.4 Å². The second-order valence-corrected chi connectivity index (χ2v) is 8.29. The molecule has 2 rings (SSSR count). The number of anilines is 4. The summed E-state index contributed by atoms with van der Waals surface area (Å²) in [4.78, 5) is 22.4. The lowest BCUT2D eigenvalue weighted by Gasteiger charge is -2.12. The van der Waals surface area contributed by atoms with Crippen molar-refractivity contribution in [2.75, 3.05) is 22.1 Å². The van der Waals surface area contributed by atoms with Gasteiger partial charge >= 0.3 is 0 Å². The van der Waals surface area contributed by atoms with Crippen molar-refractivity contribution in [2.24, 2.45) is 0 Å². The molecule has 2 aromatic carbocycles. The van der Waals surface area contributed by atoms with Crippen LogP contribution in [0.2, 0.25) is 0 Å². The Morgan fingerprint density at radius 3 is 1.52 bits per heavy atom. The van der Waals surface area contributed by atoms with Crippen LogP contribution in [0, 0.1) is 0 Å². The maximum atomic E-state index is 12.7. The van der Waals surface area contributed by atoms with Gasteiger partial charge in [-0.05, 0) is 47.5 Å². The molecule has 0 heterocycles. The molecule has 0 aliphatic rings. The van der Waals surface area contributed by atoms with Gasteiger partial charge in [0, 0.05) is 36.6 Å². The lowest BCUT2D eigenvalue weighted by Crippen LogP contribution is -2.12. The highest BCUT2D eigenvalue weighted by Gasteiger charge is 2.18. The number of hydrogen-bond acceptors (Lipinski definition) is 6. The van der Waals surface area contributed by atoms with E-state index in [4.69, 9.17) is 11.5 Å². The number of sulfone groups is 1. The van der Waals surface area contributed by atoms with Gasteiger partial charge in [-0.15, -0.1) is 0 Å². The number of carbonyl (C=O) groups is 2. The highest BCUT2D eigenvalue weighted by atomic mass is 32.2. The van der Waals surface area contributed by atoms with E-state index in [2.05, 4.69) is 10.6 Å². The summed E-state index contributed by atoms with van der Waals surface area (Å²) in [6.07, 6.45) is 0. The van der Waals surface area contributed by atoms with Crippen molar-refractivity contribution >= 4 is 44.4 Å². The third kappa shape index (κ3) is 6.00. The summed E-state index contributed by atoms with van der Waals surface area (Å²) >= 11 is 0. The van der Waals surface area contributed by atoms with Crippen molar-refractivity contribution in [3.8, 4) is 0 Å². The summed E-state index contributed by atoms with van der Waals surface area (Å²) in [5, 5.41) is 5.19. The molecule has 6 N–H and O–H groups in total. The van der Waals surface area contributed by atoms with Crippen molar-refractivity contribution in [1.82, 2.24) is 0 Å². The molecule has 0 fully saturated rings. The Balaban J connectivity index is 2.25. The zero-order valence-electron chi connectivity index (χ0n) is 15.1. The van der Waals surface area contributed by atoms with Crippen LogP contribution in [0.25, 0.3) is 0 Å². The highest BCUT2D eigenvalue weighted by molar-refractivity contribution is 7.89. The molecule has 9 heteroatoms. The fourth-order valence-electron chi connectivity index (χ4n) is 2.55. The van der Waals surface area contributed by atoms with Crippen LogP contribution in [0.3, 0.4) is 0 Å². The van der Waals surface area contributed by atoms with Gasteiger partial charge in [-0.3, -0.25) is 9.59 Å². The number of nitrogens with one attached hydrogen (secondary N) is 2. The first-order valence-electron chi connectivity index (χ1n) is 8.08. The van der Waals surface area contributed by atoms with Crippen molar-refractivity contribution in [1.29, 1.82) is 0 Å². The average Bonchev–Trinajstić information content (AvgIpc) is 2.52. The van der Waals surface area contributed by atoms with E-state index in [-0.39, 0.29) is 23.3 Å². The quantitative estimate of drug-likeness (QED) is 0.554. The molecule has 0 saturated heterocycles. The number of nitrogens with two attached hydrogens (primary N) is 2. The first kappa shape index (κ1) is 20.2. The second kappa shape index (κ2) is 8.09. The number of hydrogen-bond donors (Lipinski definition) is 4. The van der Waals surface area contributed by atoms with Gasteiger partial charge in [0.15, 0.2) is 9.84 Å². The number of carbonyl (C=O) groups excluding carboxylic acids is 2. The van der Waals surface area contributed by atoms with Gasteiger partial charge in [-0.25, -0.2) is 8.42 Å². The largest absolute Gasteiger partial charge is 0.398 e. The van der Waals surface area contributed by atoms with E-state index in [1.165, 1.54) is 26.0 Å². The van der Waals surface area contributed by atoms with Gasteiger partial charge in [0.05, 0.1) is 11.5 Å². The zero-order chi connectivity index (χ0) is 20.2. The summed E-state index contributed by atoms with van der Waals surface area (Å²) < 4.78 is 25.3. The maximum Gasteiger partial charge on any atom is 0.221 e. The molecule has 0 aliphatic heterocycles. The fourth-order valence-corrected chi connectivity index (χ4v) is 4.10. The van der Waals surface area contributed by atoms with Crippen molar-refractivity contribution < 1.29 is 18.0 Å². The summed E-state index contributed by atoms with van der Waals surface area (Å²) in [5.41, 5.74) is 14.1. The van der Waals surface area contributed by atoms with E-state index in [0.29, 0.717) is 33.9 Å². The van der Waals surface area contributed by atoms with Gasteiger partial charge in [-0.1, -0.05) is 0 Å². The predicted octanol–water partition coefficient (Wildman–Crippen LogP) is 1.88. The second-order valence-electron chi connectivity index (χ2n) is 6.22. The van der Waals surface area contributed by atoms with Crippen LogP contribution in [0.5, 0.6) is 0 Å². The number of nitrogen functional groups attached to an aromatic ring is 2. The normalized spacial score (nSPS) is 11.0. The molecule has 0 aliphatic carbocycles. The fraction of sp³-hybridized carbons (Fsp3) is 0.222. The molecular weight excluding hydrogens is 368 g/mol. The molecule has 0 saturated carbocycles. The molecule has 8 nitrogen and oxygen atoms in total. The molecule has 144 valence electrons. The van der Waals surface area contributed by atoms with E-state index in [9.17, 15) is 18.0 Å². The number of rotatable bonds is 6. The van der Waals surface area contributed by atoms with Gasteiger partial charge < -0.3 is 22.1 Å². The third-order valence-corrected chi connectivity index (χ3v) is 5.18. The summed E-state index contributed by atoms with van der Waals surface area (Å²) in [7, 11) is -3.61. The van der Waals surface area contributed by atoms with E-state index < -0.39 is 9.84 Å². The smallest absolute Gasteiger partial charge is 0.221 e. The van der Waals surface area contributed by atoms with Crippen molar-refractivity contribution in [3.63, 3.8) is 0 Å². The predicted molar refractivity (Wildman–Crippen MR) is 107 cm³/mol. The third-order valence-electron chi connectivity index (χ3n) is 3.68. The standard InChI is InChI=1S/C18H22N4O4S/c1-11(23)21-15-3-5-17(19)13(7-15)9-27(25,26)10-14-8-16(22-12(2)24)4-6-18(14)20/h3-8H,9-10,19-20H2,1-2H3,(H,21,23)(H,22,24). The minimum Gasteiger partial charge on any atom is -0.398 e. The first-order valence-corrected chi connectivity index (χ1v) is 9.90. The Kier molecular flexibility index (Phi) is 6.06. The molecule has 0 unspecified atom stereocenters. The number of benzene rings is 2. The first-order chi connectivity index (χ1) is 12.6. The van der Waals surface area contributed by atoms with Crippen molar-refractivity contribution in [2.45, 2.75) is 25.4 Å². The SMILES string of the molecule is CC(=O)Nc1ccc(N)c(CS(=O)(=O)Cc2cc(NC(C)=O)ccc2N)c1. The summed E-state index contributed by atoms with van der Waals surface area (Å²) in [5.74, 6) is -1.15. The molecule has 2 aromatic rings. The topological polar surface area (TPSA) is 144 Å². The molecule has 2 amide bonds. The van der Waals surface area contributed by atoms with Crippen LogP contribution in [-0.2, 0) is 30.9 Å². The van der Waals surface area contributed by atoms with E-state index in [0.717, 1.165) is 0 Å². The molecular formula is C18H22N4O4S. The van der Waals surface area contributed by atoms with Crippen LogP contribution < -0.4 is 22.1 Å². The van der Waals surface area contributed by atoms with E-state index in [1.807, 2.05) is 0 Å². The maximum absolute atomic E-state index is 12.7. The summed E-state index contributed by atoms with van der Waals surface area (Å²) in [6.45, 7) is 2.72. The van der Waals surface area contributed by atoms with Gasteiger partial charge in [0.2, 0.25) is 11.8 Å². The lowest BCUT2D eigenvalue weighted by atomic mass is 10.2. The minimum atomic E-state index is -3.61. The number of amides is 2. The van der Waals surface area contributed by atoms with Crippen LogP contribution >= 0.6 is 0 Å². The van der Waals surface area contributed by atoms with Crippen molar-refractivity contribution in [3.05, 3.63) is 47.5 Å². The van der Waals surface area contributed by atoms with Gasteiger partial charge in [0.25, 0.3) is 0 Å². The molecule has 27 heavy (non-hydrogen) atoms. The highest BCUT2D eigenvalue weighted by Crippen LogP contribution is 2.25. The van der Waals surface area contributed by atoms with E-state index in [1.54, 1.807) is 24.3 Å². The summed E-state index contributed by atoms with van der Waals surface area (Å²) in [6, 6.07) is 9.35. The Labute approximate surface area is 157 Å². The molecule has 0 atom stereocenters. The molecule has 0 aromatic heterocycles. The van der Waals surface area contributed by atoms with Crippen LogP contribution in [0.1, 0.15) is 25.0 Å². The minimum absolute atomic E-state index is 0.267. The van der Waals surface area contributed by atoms with Crippen LogP contribution in [0.4, 0.5) is 22.7 Å². The Bertz CT molecular complexity index is 913. The van der Waals surface area contributed by atoms with Gasteiger partial charge in [0.1, 0.15) is 0 Å². The average molecular weight is 390 g/mol. The Morgan fingerprint density at radius 2 is 1.19 bits per heavy atom. The lowest BCUT2D eigenvalue weighted by molar-refractivity contribution is -0.115. The Hall–Kier alpha value is -3.07. The van der Waals surface area contributed by atoms with Gasteiger partial charge in [-0.2, -0.15) is 0 Å².